The average molecular weight is 214 g/mol. The van der Waals surface area contributed by atoms with Crippen LogP contribution < -0.4 is 5.32 Å². The van der Waals surface area contributed by atoms with Gasteiger partial charge < -0.3 is 5.32 Å². The van der Waals surface area contributed by atoms with Gasteiger partial charge in [-0.25, -0.2) is 0 Å². The first-order valence-corrected chi connectivity index (χ1v) is 5.26. The van der Waals surface area contributed by atoms with Gasteiger partial charge in [0.15, 0.2) is 0 Å². The number of thioether (sulfide) groups is 1. The van der Waals surface area contributed by atoms with Crippen molar-refractivity contribution in [3.05, 3.63) is 22.7 Å². The molecule has 0 atom stereocenters. The molecule has 1 aromatic rings. The molecule has 13 heavy (non-hydrogen) atoms. The number of hydrogen-bond donors (Lipinski definition) is 1. The summed E-state index contributed by atoms with van der Waals surface area (Å²) < 4.78 is 0. The zero-order valence-corrected chi connectivity index (χ0v) is 8.63. The summed E-state index contributed by atoms with van der Waals surface area (Å²) in [5.41, 5.74) is 1.92. The summed E-state index contributed by atoms with van der Waals surface area (Å²) in [5.74, 6) is 0.537. The molecule has 0 saturated heterocycles. The molecule has 0 aromatic heterocycles. The second kappa shape index (κ2) is 3.24. The number of benzene rings is 1. The van der Waals surface area contributed by atoms with Crippen LogP contribution in [0.3, 0.4) is 0 Å². The van der Waals surface area contributed by atoms with Crippen LogP contribution in [0.5, 0.6) is 0 Å². The van der Waals surface area contributed by atoms with Gasteiger partial charge in [-0.1, -0.05) is 11.6 Å². The lowest BCUT2D eigenvalue weighted by molar-refractivity contribution is -0.113. The van der Waals surface area contributed by atoms with Gasteiger partial charge in [0.2, 0.25) is 5.91 Å². The molecule has 0 fully saturated rings. The SMILES string of the molecule is Cc1cc(Cl)cc2c1NC(=O)CS2. The lowest BCUT2D eigenvalue weighted by atomic mass is 10.2. The van der Waals surface area contributed by atoms with Crippen LogP contribution in [0.2, 0.25) is 5.02 Å². The maximum absolute atomic E-state index is 11.1. The van der Waals surface area contributed by atoms with Crippen molar-refractivity contribution in [2.75, 3.05) is 11.1 Å². The molecule has 1 aliphatic heterocycles. The Kier molecular flexibility index (Phi) is 2.22. The Morgan fingerprint density at radius 2 is 2.31 bits per heavy atom. The quantitative estimate of drug-likeness (QED) is 0.718. The third kappa shape index (κ3) is 1.67. The standard InChI is InChI=1S/C9H8ClNOS/c1-5-2-6(10)3-7-9(5)11-8(12)4-13-7/h2-3H,4H2,1H3,(H,11,12). The van der Waals surface area contributed by atoms with Crippen LogP contribution in [0.1, 0.15) is 5.56 Å². The van der Waals surface area contributed by atoms with Crippen molar-refractivity contribution in [2.45, 2.75) is 11.8 Å². The molecular weight excluding hydrogens is 206 g/mol. The van der Waals surface area contributed by atoms with Crippen molar-refractivity contribution >= 4 is 35.0 Å². The van der Waals surface area contributed by atoms with Gasteiger partial charge in [0.1, 0.15) is 0 Å². The minimum absolute atomic E-state index is 0.0583. The Balaban J connectivity index is 2.53. The highest BCUT2D eigenvalue weighted by atomic mass is 35.5. The molecule has 0 unspecified atom stereocenters. The molecule has 2 rings (SSSR count). The fourth-order valence-corrected chi connectivity index (χ4v) is 2.57. The summed E-state index contributed by atoms with van der Waals surface area (Å²) in [6.07, 6.45) is 0. The topological polar surface area (TPSA) is 29.1 Å². The first kappa shape index (κ1) is 8.91. The van der Waals surface area contributed by atoms with Crippen molar-refractivity contribution in [1.82, 2.24) is 0 Å². The Hall–Kier alpha value is -0.670. The number of anilines is 1. The minimum atomic E-state index is 0.0583. The maximum Gasteiger partial charge on any atom is 0.234 e. The van der Waals surface area contributed by atoms with Crippen LogP contribution in [0.25, 0.3) is 0 Å². The normalized spacial score (nSPS) is 15.1. The number of hydrogen-bond acceptors (Lipinski definition) is 2. The monoisotopic (exact) mass is 213 g/mol. The molecule has 0 saturated carbocycles. The van der Waals surface area contributed by atoms with Crippen molar-refractivity contribution < 1.29 is 4.79 Å². The average Bonchev–Trinajstić information content (AvgIpc) is 2.06. The van der Waals surface area contributed by atoms with Gasteiger partial charge in [0.25, 0.3) is 0 Å². The zero-order valence-electron chi connectivity index (χ0n) is 7.06. The van der Waals surface area contributed by atoms with E-state index in [0.29, 0.717) is 5.75 Å². The van der Waals surface area contributed by atoms with Gasteiger partial charge in [0.05, 0.1) is 11.4 Å². The van der Waals surface area contributed by atoms with Gasteiger partial charge >= 0.3 is 0 Å². The lowest BCUT2D eigenvalue weighted by Gasteiger charge is -2.18. The van der Waals surface area contributed by atoms with Gasteiger partial charge in [-0.15, -0.1) is 11.8 Å². The van der Waals surface area contributed by atoms with Gasteiger partial charge in [-0.3, -0.25) is 4.79 Å². The van der Waals surface area contributed by atoms with E-state index in [4.69, 9.17) is 11.6 Å². The largest absolute Gasteiger partial charge is 0.324 e. The molecular formula is C9H8ClNOS. The Morgan fingerprint density at radius 3 is 3.08 bits per heavy atom. The summed E-state index contributed by atoms with van der Waals surface area (Å²) >= 11 is 7.42. The van der Waals surface area contributed by atoms with Crippen LogP contribution >= 0.6 is 23.4 Å². The molecule has 1 amide bonds. The van der Waals surface area contributed by atoms with E-state index in [0.717, 1.165) is 21.2 Å². The van der Waals surface area contributed by atoms with Gasteiger partial charge in [-0.05, 0) is 24.6 Å². The van der Waals surface area contributed by atoms with E-state index < -0.39 is 0 Å². The fraction of sp³-hybridized carbons (Fsp3) is 0.222. The van der Waals surface area contributed by atoms with E-state index in [-0.39, 0.29) is 5.91 Å². The molecule has 0 radical (unpaired) electrons. The maximum atomic E-state index is 11.1. The Labute approximate surface area is 85.7 Å². The molecule has 1 N–H and O–H groups in total. The van der Waals surface area contributed by atoms with E-state index >= 15 is 0 Å². The summed E-state index contributed by atoms with van der Waals surface area (Å²) in [7, 11) is 0. The lowest BCUT2D eigenvalue weighted by Crippen LogP contribution is -2.19. The van der Waals surface area contributed by atoms with Crippen molar-refractivity contribution in [3.63, 3.8) is 0 Å². The second-order valence-corrected chi connectivity index (χ2v) is 4.39. The predicted molar refractivity (Wildman–Crippen MR) is 55.5 cm³/mol. The highest BCUT2D eigenvalue weighted by Gasteiger charge is 2.17. The molecule has 68 valence electrons. The highest BCUT2D eigenvalue weighted by molar-refractivity contribution is 8.00. The Bertz CT molecular complexity index is 378. The first-order chi connectivity index (χ1) is 6.16. The number of carbonyl (C=O) groups is 1. The van der Waals surface area contributed by atoms with Crippen LogP contribution in [-0.2, 0) is 4.79 Å². The van der Waals surface area contributed by atoms with Crippen molar-refractivity contribution in [1.29, 1.82) is 0 Å². The van der Waals surface area contributed by atoms with E-state index in [1.54, 1.807) is 0 Å². The molecule has 0 aliphatic carbocycles. The molecule has 1 aliphatic rings. The minimum Gasteiger partial charge on any atom is -0.324 e. The van der Waals surface area contributed by atoms with Crippen LogP contribution in [0, 0.1) is 6.92 Å². The molecule has 1 aromatic carbocycles. The Morgan fingerprint density at radius 1 is 1.54 bits per heavy atom. The van der Waals surface area contributed by atoms with Crippen LogP contribution in [0.15, 0.2) is 17.0 Å². The smallest absolute Gasteiger partial charge is 0.234 e. The number of nitrogens with one attached hydrogen (secondary N) is 1. The summed E-state index contributed by atoms with van der Waals surface area (Å²) in [5, 5.41) is 3.56. The summed E-state index contributed by atoms with van der Waals surface area (Å²) in [6.45, 7) is 1.94. The van der Waals surface area contributed by atoms with E-state index in [2.05, 4.69) is 5.32 Å². The van der Waals surface area contributed by atoms with E-state index in [9.17, 15) is 4.79 Å². The zero-order chi connectivity index (χ0) is 9.42. The van der Waals surface area contributed by atoms with Crippen molar-refractivity contribution in [2.24, 2.45) is 0 Å². The van der Waals surface area contributed by atoms with Crippen LogP contribution in [0.4, 0.5) is 5.69 Å². The summed E-state index contributed by atoms with van der Waals surface area (Å²) in [6, 6.07) is 3.74. The van der Waals surface area contributed by atoms with Crippen LogP contribution in [-0.4, -0.2) is 11.7 Å². The number of halogens is 1. The third-order valence-electron chi connectivity index (χ3n) is 1.89. The third-order valence-corrected chi connectivity index (χ3v) is 3.15. The first-order valence-electron chi connectivity index (χ1n) is 3.89. The van der Waals surface area contributed by atoms with Gasteiger partial charge in [-0.2, -0.15) is 0 Å². The molecule has 4 heteroatoms. The molecule has 0 spiro atoms. The number of amides is 1. The number of rotatable bonds is 0. The predicted octanol–water partition coefficient (Wildman–Crippen LogP) is 2.69. The van der Waals surface area contributed by atoms with Crippen molar-refractivity contribution in [3.8, 4) is 0 Å². The van der Waals surface area contributed by atoms with Gasteiger partial charge in [0, 0.05) is 9.92 Å². The second-order valence-electron chi connectivity index (χ2n) is 2.93. The highest BCUT2D eigenvalue weighted by Crippen LogP contribution is 2.36. The number of fused-ring (bicyclic) bond motifs is 1. The number of aryl methyl sites for hydroxylation is 1. The summed E-state index contributed by atoms with van der Waals surface area (Å²) in [4.78, 5) is 12.2. The molecule has 0 bridgehead atoms. The fourth-order valence-electron chi connectivity index (χ4n) is 1.31. The van der Waals surface area contributed by atoms with E-state index in [1.807, 2.05) is 19.1 Å². The molecule has 2 nitrogen and oxygen atoms in total. The number of carbonyl (C=O) groups excluding carboxylic acids is 1. The molecule has 1 heterocycles. The van der Waals surface area contributed by atoms with E-state index in [1.165, 1.54) is 11.8 Å².